The molecule has 0 aromatic heterocycles. The van der Waals surface area contributed by atoms with Gasteiger partial charge in [0.25, 0.3) is 0 Å². The van der Waals surface area contributed by atoms with Crippen LogP contribution in [0.4, 0.5) is 0 Å². The van der Waals surface area contributed by atoms with Gasteiger partial charge in [-0.25, -0.2) is 0 Å². The fourth-order valence-corrected chi connectivity index (χ4v) is 2.00. The maximum atomic E-state index is 5.19. The summed E-state index contributed by atoms with van der Waals surface area (Å²) in [5.74, 6) is 1.66. The largest absolute Gasteiger partial charge is 0.497 e. The van der Waals surface area contributed by atoms with Crippen LogP contribution in [-0.4, -0.2) is 26.5 Å². The van der Waals surface area contributed by atoms with Gasteiger partial charge in [0.15, 0.2) is 0 Å². The highest BCUT2D eigenvalue weighted by atomic mass is 16.5. The second kappa shape index (κ2) is 7.29. The Morgan fingerprint density at radius 3 is 1.67 bits per heavy atom. The lowest BCUT2D eigenvalue weighted by molar-refractivity contribution is 0.414. The maximum absolute atomic E-state index is 5.19. The van der Waals surface area contributed by atoms with Gasteiger partial charge in [-0.05, 0) is 48.5 Å². The molecule has 0 atom stereocenters. The fourth-order valence-electron chi connectivity index (χ4n) is 2.00. The highest BCUT2D eigenvalue weighted by molar-refractivity contribution is 6.13. The van der Waals surface area contributed by atoms with Gasteiger partial charge in [-0.15, -0.1) is 6.58 Å². The molecule has 3 nitrogen and oxygen atoms in total. The number of nitrogens with zero attached hydrogens (tertiary/aromatic N) is 1. The molecule has 21 heavy (non-hydrogen) atoms. The lowest BCUT2D eigenvalue weighted by Gasteiger charge is -2.09. The molecule has 0 saturated carbocycles. The zero-order valence-electron chi connectivity index (χ0n) is 12.4. The van der Waals surface area contributed by atoms with Crippen LogP contribution in [0.25, 0.3) is 0 Å². The van der Waals surface area contributed by atoms with Gasteiger partial charge >= 0.3 is 0 Å². The molecule has 0 aliphatic carbocycles. The molecule has 0 amide bonds. The van der Waals surface area contributed by atoms with E-state index in [0.717, 1.165) is 28.3 Å². The van der Waals surface area contributed by atoms with Crippen LogP contribution in [0.3, 0.4) is 0 Å². The third-order valence-corrected chi connectivity index (χ3v) is 3.11. The van der Waals surface area contributed by atoms with Crippen molar-refractivity contribution in [2.45, 2.75) is 0 Å². The summed E-state index contributed by atoms with van der Waals surface area (Å²) in [5.41, 5.74) is 3.02. The average Bonchev–Trinajstić information content (AvgIpc) is 2.56. The number of rotatable bonds is 6. The van der Waals surface area contributed by atoms with Crippen molar-refractivity contribution in [2.24, 2.45) is 4.99 Å². The summed E-state index contributed by atoms with van der Waals surface area (Å²) >= 11 is 0. The highest BCUT2D eigenvalue weighted by Crippen LogP contribution is 2.18. The summed E-state index contributed by atoms with van der Waals surface area (Å²) in [6, 6.07) is 15.8. The first-order chi connectivity index (χ1) is 10.3. The van der Waals surface area contributed by atoms with Gasteiger partial charge in [-0.2, -0.15) is 0 Å². The summed E-state index contributed by atoms with van der Waals surface area (Å²) in [6.45, 7) is 4.30. The molecule has 3 heteroatoms. The van der Waals surface area contributed by atoms with Crippen molar-refractivity contribution in [3.63, 3.8) is 0 Å². The van der Waals surface area contributed by atoms with E-state index in [9.17, 15) is 0 Å². The van der Waals surface area contributed by atoms with Gasteiger partial charge in [0.2, 0.25) is 0 Å². The number of hydrogen-bond acceptors (Lipinski definition) is 3. The van der Waals surface area contributed by atoms with Gasteiger partial charge in [0.05, 0.1) is 26.5 Å². The van der Waals surface area contributed by atoms with Crippen LogP contribution in [0.15, 0.2) is 66.2 Å². The molecule has 108 valence electrons. The van der Waals surface area contributed by atoms with Crippen molar-refractivity contribution in [1.82, 2.24) is 0 Å². The van der Waals surface area contributed by atoms with Crippen molar-refractivity contribution < 1.29 is 9.47 Å². The summed E-state index contributed by atoms with van der Waals surface area (Å²) < 4.78 is 10.4. The highest BCUT2D eigenvalue weighted by Gasteiger charge is 2.07. The molecule has 0 fully saturated rings. The first kappa shape index (κ1) is 14.9. The van der Waals surface area contributed by atoms with E-state index in [1.807, 2.05) is 48.5 Å². The Kier molecular flexibility index (Phi) is 5.16. The van der Waals surface area contributed by atoms with Crippen LogP contribution in [0, 0.1) is 0 Å². The van der Waals surface area contributed by atoms with Crippen LogP contribution in [0.1, 0.15) is 11.1 Å². The summed E-state index contributed by atoms with van der Waals surface area (Å²) in [6.07, 6.45) is 1.78. The molecule has 2 rings (SSSR count). The summed E-state index contributed by atoms with van der Waals surface area (Å²) in [5, 5.41) is 0. The number of benzene rings is 2. The van der Waals surface area contributed by atoms with E-state index in [0.29, 0.717) is 6.54 Å². The van der Waals surface area contributed by atoms with Crippen LogP contribution in [-0.2, 0) is 0 Å². The smallest absolute Gasteiger partial charge is 0.118 e. The van der Waals surface area contributed by atoms with E-state index in [4.69, 9.17) is 9.47 Å². The molecule has 0 unspecified atom stereocenters. The maximum Gasteiger partial charge on any atom is 0.118 e. The van der Waals surface area contributed by atoms with E-state index in [1.165, 1.54) is 0 Å². The first-order valence-corrected chi connectivity index (χ1v) is 6.72. The molecule has 0 aliphatic heterocycles. The normalized spacial score (nSPS) is 9.81. The van der Waals surface area contributed by atoms with Gasteiger partial charge in [0.1, 0.15) is 11.5 Å². The van der Waals surface area contributed by atoms with Crippen molar-refractivity contribution in [3.8, 4) is 11.5 Å². The molecule has 0 saturated heterocycles. The van der Waals surface area contributed by atoms with Crippen LogP contribution < -0.4 is 9.47 Å². The Hall–Kier alpha value is -2.55. The minimum Gasteiger partial charge on any atom is -0.497 e. The van der Waals surface area contributed by atoms with Crippen LogP contribution in [0.2, 0.25) is 0 Å². The second-order valence-corrected chi connectivity index (χ2v) is 4.43. The van der Waals surface area contributed by atoms with Gasteiger partial charge in [-0.1, -0.05) is 6.08 Å². The van der Waals surface area contributed by atoms with Crippen LogP contribution >= 0.6 is 0 Å². The molecule has 0 aliphatic rings. The molecule has 2 aromatic carbocycles. The van der Waals surface area contributed by atoms with E-state index >= 15 is 0 Å². The Labute approximate surface area is 125 Å². The van der Waals surface area contributed by atoms with Crippen molar-refractivity contribution in [2.75, 3.05) is 20.8 Å². The fraction of sp³-hybridized carbons (Fsp3) is 0.167. The molecule has 0 heterocycles. The summed E-state index contributed by atoms with van der Waals surface area (Å²) in [7, 11) is 3.32. The van der Waals surface area contributed by atoms with Crippen molar-refractivity contribution >= 4 is 5.71 Å². The summed E-state index contributed by atoms with van der Waals surface area (Å²) in [4.78, 5) is 4.61. The van der Waals surface area contributed by atoms with Gasteiger partial charge < -0.3 is 9.47 Å². The van der Waals surface area contributed by atoms with Gasteiger partial charge in [0, 0.05) is 11.1 Å². The number of methoxy groups -OCH3 is 2. The first-order valence-electron chi connectivity index (χ1n) is 6.72. The molecule has 0 N–H and O–H groups in total. The number of hydrogen-bond donors (Lipinski definition) is 0. The number of ether oxygens (including phenoxy) is 2. The molecule has 0 bridgehead atoms. The molecule has 0 radical (unpaired) electrons. The Morgan fingerprint density at radius 2 is 1.33 bits per heavy atom. The topological polar surface area (TPSA) is 30.8 Å². The Morgan fingerprint density at radius 1 is 0.905 bits per heavy atom. The lowest BCUT2D eigenvalue weighted by Crippen LogP contribution is -2.04. The zero-order chi connectivity index (χ0) is 15.1. The van der Waals surface area contributed by atoms with Crippen molar-refractivity contribution in [3.05, 3.63) is 72.3 Å². The SMILES string of the molecule is C=CCN=C(c1ccc(OC)cc1)c1ccc(OC)cc1. The third kappa shape index (κ3) is 3.72. The van der Waals surface area contributed by atoms with E-state index in [2.05, 4.69) is 11.6 Å². The standard InChI is InChI=1S/C18H19NO2/c1-4-13-19-18(14-5-9-16(20-2)10-6-14)15-7-11-17(21-3)12-8-15/h4-12H,1,13H2,2-3H3. The monoisotopic (exact) mass is 281 g/mol. The van der Waals surface area contributed by atoms with Crippen molar-refractivity contribution in [1.29, 1.82) is 0 Å². The van der Waals surface area contributed by atoms with E-state index < -0.39 is 0 Å². The second-order valence-electron chi connectivity index (χ2n) is 4.43. The molecule has 0 spiro atoms. The van der Waals surface area contributed by atoms with E-state index in [1.54, 1.807) is 20.3 Å². The van der Waals surface area contributed by atoms with E-state index in [-0.39, 0.29) is 0 Å². The lowest BCUT2D eigenvalue weighted by atomic mass is 10.0. The molecular weight excluding hydrogens is 262 g/mol. The minimum atomic E-state index is 0.577. The number of aliphatic imine (C=N–C) groups is 1. The van der Waals surface area contributed by atoms with Gasteiger partial charge in [-0.3, -0.25) is 4.99 Å². The quantitative estimate of drug-likeness (QED) is 0.596. The predicted molar refractivity (Wildman–Crippen MR) is 86.7 cm³/mol. The molecular formula is C18H19NO2. The zero-order valence-corrected chi connectivity index (χ0v) is 12.4. The molecule has 2 aromatic rings. The third-order valence-electron chi connectivity index (χ3n) is 3.11. The predicted octanol–water partition coefficient (Wildman–Crippen LogP) is 3.73. The minimum absolute atomic E-state index is 0.577. The van der Waals surface area contributed by atoms with Crippen LogP contribution in [0.5, 0.6) is 11.5 Å². The Bertz CT molecular complexity index is 563. The average molecular weight is 281 g/mol. The Balaban J connectivity index is 2.38.